The molecule has 0 unspecified atom stereocenters. The van der Waals surface area contributed by atoms with Crippen molar-refractivity contribution >= 4 is 34.1 Å². The predicted molar refractivity (Wildman–Crippen MR) is 120 cm³/mol. The summed E-state index contributed by atoms with van der Waals surface area (Å²) < 4.78 is 6.72. The molecule has 0 saturated heterocycles. The second kappa shape index (κ2) is 8.84. The van der Waals surface area contributed by atoms with Gasteiger partial charge in [-0.3, -0.25) is 14.2 Å². The van der Waals surface area contributed by atoms with Crippen molar-refractivity contribution in [1.82, 2.24) is 9.55 Å². The Kier molecular flexibility index (Phi) is 5.81. The monoisotopic (exact) mass is 417 g/mol. The fraction of sp³-hybridized carbons (Fsp3) is 0.0870. The maximum Gasteiger partial charge on any atom is 0.287 e. The molecule has 0 aliphatic carbocycles. The molecular formula is C23H19N3O3S. The first kappa shape index (κ1) is 19.7. The van der Waals surface area contributed by atoms with Crippen molar-refractivity contribution in [2.75, 3.05) is 18.2 Å². The molecule has 0 fully saturated rings. The highest BCUT2D eigenvalue weighted by Crippen LogP contribution is 2.22. The standard InChI is InChI=1S/C23H19N3O3S/c1-29-18-9-5-8-17(14-18)25-21(27)15-30-22-23(28)26(13-12-24-22)20-11-4-7-16-6-2-3-10-19(16)20/h2-14H,15H2,1H3,(H,25,27). The van der Waals surface area contributed by atoms with Crippen LogP contribution in [-0.4, -0.2) is 28.3 Å². The van der Waals surface area contributed by atoms with Gasteiger partial charge in [0.1, 0.15) is 5.75 Å². The van der Waals surface area contributed by atoms with Gasteiger partial charge in [-0.05, 0) is 23.6 Å². The molecule has 0 bridgehead atoms. The van der Waals surface area contributed by atoms with Gasteiger partial charge in [0.2, 0.25) is 5.91 Å². The minimum absolute atomic E-state index is 0.0685. The van der Waals surface area contributed by atoms with Crippen LogP contribution in [0.2, 0.25) is 0 Å². The highest BCUT2D eigenvalue weighted by atomic mass is 32.2. The first-order valence-corrected chi connectivity index (χ1v) is 10.3. The van der Waals surface area contributed by atoms with E-state index in [1.807, 2.05) is 42.5 Å². The van der Waals surface area contributed by atoms with E-state index in [4.69, 9.17) is 4.74 Å². The fourth-order valence-electron chi connectivity index (χ4n) is 3.13. The topological polar surface area (TPSA) is 73.2 Å². The molecule has 0 aliphatic rings. The Morgan fingerprint density at radius 3 is 2.77 bits per heavy atom. The van der Waals surface area contributed by atoms with Gasteiger partial charge >= 0.3 is 0 Å². The fourth-order valence-corrected chi connectivity index (χ4v) is 3.83. The number of aromatic nitrogens is 2. The molecule has 7 heteroatoms. The summed E-state index contributed by atoms with van der Waals surface area (Å²) in [4.78, 5) is 29.5. The minimum atomic E-state index is -0.256. The van der Waals surface area contributed by atoms with E-state index in [1.165, 1.54) is 0 Å². The van der Waals surface area contributed by atoms with Crippen LogP contribution in [0.4, 0.5) is 5.69 Å². The van der Waals surface area contributed by atoms with E-state index < -0.39 is 0 Å². The lowest BCUT2D eigenvalue weighted by Gasteiger charge is -2.10. The lowest BCUT2D eigenvalue weighted by atomic mass is 10.1. The van der Waals surface area contributed by atoms with Crippen molar-refractivity contribution in [2.24, 2.45) is 0 Å². The first-order chi connectivity index (χ1) is 14.7. The van der Waals surface area contributed by atoms with Crippen LogP contribution < -0.4 is 15.6 Å². The summed E-state index contributed by atoms with van der Waals surface area (Å²) in [7, 11) is 1.57. The van der Waals surface area contributed by atoms with Gasteiger partial charge < -0.3 is 10.1 Å². The van der Waals surface area contributed by atoms with E-state index in [0.717, 1.165) is 28.2 Å². The highest BCUT2D eigenvalue weighted by molar-refractivity contribution is 7.99. The number of rotatable bonds is 6. The van der Waals surface area contributed by atoms with E-state index in [-0.39, 0.29) is 22.2 Å². The van der Waals surface area contributed by atoms with Gasteiger partial charge in [0.25, 0.3) is 5.56 Å². The molecular weight excluding hydrogens is 398 g/mol. The molecule has 4 rings (SSSR count). The summed E-state index contributed by atoms with van der Waals surface area (Å²) in [6, 6.07) is 20.8. The molecule has 3 aromatic carbocycles. The van der Waals surface area contributed by atoms with E-state index in [1.54, 1.807) is 48.3 Å². The van der Waals surface area contributed by atoms with Crippen molar-refractivity contribution in [3.63, 3.8) is 0 Å². The number of amides is 1. The Morgan fingerprint density at radius 1 is 1.10 bits per heavy atom. The number of carbonyl (C=O) groups is 1. The largest absolute Gasteiger partial charge is 0.497 e. The maximum atomic E-state index is 13.0. The Balaban J connectivity index is 1.53. The second-order valence-corrected chi connectivity index (χ2v) is 7.44. The molecule has 0 radical (unpaired) electrons. The third-order valence-electron chi connectivity index (χ3n) is 4.53. The second-order valence-electron chi connectivity index (χ2n) is 6.47. The lowest BCUT2D eigenvalue weighted by molar-refractivity contribution is -0.113. The molecule has 0 saturated carbocycles. The van der Waals surface area contributed by atoms with Crippen LogP contribution in [0.1, 0.15) is 0 Å². The molecule has 0 atom stereocenters. The normalized spacial score (nSPS) is 10.7. The number of fused-ring (bicyclic) bond motifs is 1. The molecule has 1 amide bonds. The number of hydrogen-bond acceptors (Lipinski definition) is 5. The summed E-state index contributed by atoms with van der Waals surface area (Å²) in [6.45, 7) is 0. The van der Waals surface area contributed by atoms with Gasteiger partial charge in [0, 0.05) is 29.5 Å². The number of anilines is 1. The third kappa shape index (κ3) is 4.21. The number of thioether (sulfide) groups is 1. The van der Waals surface area contributed by atoms with Crippen molar-refractivity contribution in [3.05, 3.63) is 89.5 Å². The quantitative estimate of drug-likeness (QED) is 0.478. The minimum Gasteiger partial charge on any atom is -0.497 e. The molecule has 0 aliphatic heterocycles. The first-order valence-electron chi connectivity index (χ1n) is 9.28. The van der Waals surface area contributed by atoms with Crippen molar-refractivity contribution in [1.29, 1.82) is 0 Å². The Morgan fingerprint density at radius 2 is 1.90 bits per heavy atom. The number of carbonyl (C=O) groups excluding carboxylic acids is 1. The number of benzene rings is 3. The number of ether oxygens (including phenoxy) is 1. The number of nitrogens with zero attached hydrogens (tertiary/aromatic N) is 2. The summed E-state index contributed by atoms with van der Waals surface area (Å²) >= 11 is 1.11. The van der Waals surface area contributed by atoms with E-state index in [2.05, 4.69) is 10.3 Å². The molecule has 1 N–H and O–H groups in total. The smallest absolute Gasteiger partial charge is 0.287 e. The molecule has 0 spiro atoms. The Hall–Kier alpha value is -3.58. The molecule has 6 nitrogen and oxygen atoms in total. The molecule has 150 valence electrons. The number of nitrogens with one attached hydrogen (secondary N) is 1. The van der Waals surface area contributed by atoms with Gasteiger partial charge in [0.05, 0.1) is 18.6 Å². The third-order valence-corrected chi connectivity index (χ3v) is 5.49. The summed E-state index contributed by atoms with van der Waals surface area (Å²) in [5.41, 5.74) is 1.16. The van der Waals surface area contributed by atoms with Gasteiger partial charge in [0.15, 0.2) is 5.03 Å². The zero-order valence-electron chi connectivity index (χ0n) is 16.2. The van der Waals surface area contributed by atoms with Gasteiger partial charge in [-0.25, -0.2) is 4.98 Å². The van der Waals surface area contributed by atoms with Gasteiger partial charge in [-0.15, -0.1) is 0 Å². The number of methoxy groups -OCH3 is 1. The van der Waals surface area contributed by atoms with Crippen molar-refractivity contribution in [3.8, 4) is 11.4 Å². The van der Waals surface area contributed by atoms with Crippen molar-refractivity contribution < 1.29 is 9.53 Å². The summed E-state index contributed by atoms with van der Waals surface area (Å²) in [6.07, 6.45) is 3.22. The molecule has 1 aromatic heterocycles. The van der Waals surface area contributed by atoms with Crippen LogP contribution in [0.15, 0.2) is 88.9 Å². The highest BCUT2D eigenvalue weighted by Gasteiger charge is 2.12. The maximum absolute atomic E-state index is 13.0. The zero-order chi connectivity index (χ0) is 20.9. The average molecular weight is 417 g/mol. The molecule has 1 heterocycles. The Bertz CT molecular complexity index is 1260. The van der Waals surface area contributed by atoms with Crippen LogP contribution in [0.3, 0.4) is 0 Å². The zero-order valence-corrected chi connectivity index (χ0v) is 17.1. The predicted octanol–water partition coefficient (Wildman–Crippen LogP) is 4.13. The van der Waals surface area contributed by atoms with Crippen LogP contribution in [0, 0.1) is 0 Å². The van der Waals surface area contributed by atoms with Gasteiger partial charge in [-0.1, -0.05) is 54.2 Å². The van der Waals surface area contributed by atoms with E-state index in [0.29, 0.717) is 11.4 Å². The molecule has 4 aromatic rings. The summed E-state index contributed by atoms with van der Waals surface area (Å²) in [5, 5.41) is 5.09. The van der Waals surface area contributed by atoms with Gasteiger partial charge in [-0.2, -0.15) is 0 Å². The number of hydrogen-bond donors (Lipinski definition) is 1. The van der Waals surface area contributed by atoms with Crippen LogP contribution in [0.25, 0.3) is 16.5 Å². The molecule has 30 heavy (non-hydrogen) atoms. The lowest BCUT2D eigenvalue weighted by Crippen LogP contribution is -2.22. The van der Waals surface area contributed by atoms with E-state index >= 15 is 0 Å². The van der Waals surface area contributed by atoms with E-state index in [9.17, 15) is 9.59 Å². The Labute approximate surface area is 177 Å². The summed E-state index contributed by atoms with van der Waals surface area (Å²) in [5.74, 6) is 0.497. The van der Waals surface area contributed by atoms with Crippen LogP contribution in [0.5, 0.6) is 5.75 Å². The SMILES string of the molecule is COc1cccc(NC(=O)CSc2nccn(-c3cccc4ccccc34)c2=O)c1. The van der Waals surface area contributed by atoms with Crippen molar-refractivity contribution in [2.45, 2.75) is 5.03 Å². The van der Waals surface area contributed by atoms with Crippen LogP contribution >= 0.6 is 11.8 Å². The van der Waals surface area contributed by atoms with Crippen LogP contribution in [-0.2, 0) is 4.79 Å². The average Bonchev–Trinajstić information content (AvgIpc) is 2.78.